The number of benzene rings is 3. The Morgan fingerprint density at radius 2 is 1.47 bits per heavy atom. The van der Waals surface area contributed by atoms with Crippen molar-refractivity contribution in [3.05, 3.63) is 98.6 Å². The highest BCUT2D eigenvalue weighted by molar-refractivity contribution is 6.53. The van der Waals surface area contributed by atoms with Crippen molar-refractivity contribution >= 4 is 75.6 Å². The summed E-state index contributed by atoms with van der Waals surface area (Å²) >= 11 is 18.2. The van der Waals surface area contributed by atoms with Gasteiger partial charge in [0, 0.05) is 27.0 Å². The highest BCUT2D eigenvalue weighted by Gasteiger charge is 2.39. The average Bonchev–Trinajstić information content (AvgIpc) is 3.06. The maximum atomic E-state index is 13.1. The Labute approximate surface area is 233 Å². The Bertz CT molecular complexity index is 1470. The lowest BCUT2D eigenvalue weighted by Crippen LogP contribution is -2.32. The van der Waals surface area contributed by atoms with Crippen molar-refractivity contribution in [3.63, 3.8) is 0 Å². The van der Waals surface area contributed by atoms with Gasteiger partial charge in [0.1, 0.15) is 10.7 Å². The molecule has 3 aromatic carbocycles. The van der Waals surface area contributed by atoms with Crippen molar-refractivity contribution in [1.82, 2.24) is 0 Å². The molecule has 4 rings (SSSR count). The number of imide groups is 1. The van der Waals surface area contributed by atoms with Crippen LogP contribution in [0.2, 0.25) is 10.0 Å². The van der Waals surface area contributed by atoms with Gasteiger partial charge in [0.2, 0.25) is 0 Å². The molecule has 0 saturated carbocycles. The van der Waals surface area contributed by atoms with E-state index in [0.29, 0.717) is 21.4 Å². The van der Waals surface area contributed by atoms with E-state index in [0.717, 1.165) is 4.90 Å². The molecule has 1 aliphatic rings. The van der Waals surface area contributed by atoms with Crippen LogP contribution in [0.25, 0.3) is 0 Å². The molecule has 3 amide bonds. The van der Waals surface area contributed by atoms with Crippen LogP contribution in [0.1, 0.15) is 34.6 Å². The van der Waals surface area contributed by atoms with Gasteiger partial charge in [0.05, 0.1) is 17.4 Å². The number of ether oxygens (including phenoxy) is 1. The number of hydrogen-bond acceptors (Lipinski definition) is 6. The fraction of sp³-hybridized carbons (Fsp3) is 0.111. The van der Waals surface area contributed by atoms with Crippen LogP contribution in [-0.2, 0) is 14.3 Å². The van der Waals surface area contributed by atoms with Gasteiger partial charge in [-0.1, -0.05) is 40.9 Å². The second-order valence-corrected chi connectivity index (χ2v) is 9.70. The summed E-state index contributed by atoms with van der Waals surface area (Å²) in [5, 5.41) is 5.95. The number of esters is 1. The van der Waals surface area contributed by atoms with Gasteiger partial charge in [0.15, 0.2) is 0 Å². The summed E-state index contributed by atoms with van der Waals surface area (Å²) in [5.41, 5.74) is 1.37. The predicted octanol–water partition coefficient (Wildman–Crippen LogP) is 6.25. The maximum Gasteiger partial charge on any atom is 0.338 e. The van der Waals surface area contributed by atoms with Crippen LogP contribution in [-0.4, -0.2) is 29.8 Å². The van der Waals surface area contributed by atoms with Gasteiger partial charge in [-0.2, -0.15) is 0 Å². The van der Waals surface area contributed by atoms with Gasteiger partial charge in [-0.25, -0.2) is 9.69 Å². The minimum atomic E-state index is -0.733. The second kappa shape index (κ2) is 11.3. The van der Waals surface area contributed by atoms with E-state index in [-0.39, 0.29) is 33.6 Å². The zero-order valence-corrected chi connectivity index (χ0v) is 22.3. The van der Waals surface area contributed by atoms with Gasteiger partial charge >= 0.3 is 5.97 Å². The number of halogens is 3. The third kappa shape index (κ3) is 5.99. The number of rotatable bonds is 7. The highest BCUT2D eigenvalue weighted by atomic mass is 35.5. The predicted molar refractivity (Wildman–Crippen MR) is 147 cm³/mol. The monoisotopic (exact) mass is 571 g/mol. The molecule has 2 N–H and O–H groups in total. The Morgan fingerprint density at radius 3 is 2.11 bits per heavy atom. The quantitative estimate of drug-likeness (QED) is 0.256. The number of nitrogens with one attached hydrogen (secondary N) is 2. The summed E-state index contributed by atoms with van der Waals surface area (Å²) < 4.78 is 5.15. The highest BCUT2D eigenvalue weighted by Crippen LogP contribution is 2.31. The topological polar surface area (TPSA) is 105 Å². The Morgan fingerprint density at radius 1 is 0.816 bits per heavy atom. The first-order chi connectivity index (χ1) is 18.0. The zero-order valence-electron chi connectivity index (χ0n) is 20.1. The maximum absolute atomic E-state index is 13.1. The van der Waals surface area contributed by atoms with Gasteiger partial charge in [-0.15, -0.1) is 0 Å². The van der Waals surface area contributed by atoms with Crippen LogP contribution in [0.3, 0.4) is 0 Å². The van der Waals surface area contributed by atoms with E-state index >= 15 is 0 Å². The molecular formula is C27H20Cl3N3O5. The van der Waals surface area contributed by atoms with Gasteiger partial charge < -0.3 is 15.4 Å². The molecule has 0 spiro atoms. The van der Waals surface area contributed by atoms with Crippen LogP contribution in [0.15, 0.2) is 77.5 Å². The molecular weight excluding hydrogens is 553 g/mol. The molecule has 0 atom stereocenters. The Balaban J connectivity index is 1.50. The van der Waals surface area contributed by atoms with Gasteiger partial charge in [-0.3, -0.25) is 14.4 Å². The van der Waals surface area contributed by atoms with E-state index in [2.05, 4.69) is 10.6 Å². The Hall–Kier alpha value is -3.85. The van der Waals surface area contributed by atoms with Crippen molar-refractivity contribution in [2.75, 3.05) is 15.5 Å². The number of anilines is 3. The van der Waals surface area contributed by atoms with Crippen molar-refractivity contribution in [1.29, 1.82) is 0 Å². The summed E-state index contributed by atoms with van der Waals surface area (Å²) in [4.78, 5) is 51.7. The van der Waals surface area contributed by atoms with Crippen LogP contribution < -0.4 is 15.5 Å². The summed E-state index contributed by atoms with van der Waals surface area (Å²) in [6, 6.07) is 16.7. The van der Waals surface area contributed by atoms with E-state index in [9.17, 15) is 19.2 Å². The van der Waals surface area contributed by atoms with Crippen molar-refractivity contribution in [3.8, 4) is 0 Å². The minimum Gasteiger partial charge on any atom is -0.459 e. The summed E-state index contributed by atoms with van der Waals surface area (Å²) in [6.45, 7) is 3.46. The molecule has 0 fully saturated rings. The lowest BCUT2D eigenvalue weighted by atomic mass is 10.1. The summed E-state index contributed by atoms with van der Waals surface area (Å²) in [6.07, 6.45) is -0.291. The molecule has 0 bridgehead atoms. The molecule has 0 saturated heterocycles. The number of amides is 3. The van der Waals surface area contributed by atoms with E-state index in [1.54, 1.807) is 50.2 Å². The Kier molecular flexibility index (Phi) is 8.06. The van der Waals surface area contributed by atoms with Gasteiger partial charge in [0.25, 0.3) is 17.7 Å². The fourth-order valence-electron chi connectivity index (χ4n) is 3.59. The fourth-order valence-corrected chi connectivity index (χ4v) is 4.32. The molecule has 0 radical (unpaired) electrons. The molecule has 1 aliphatic heterocycles. The molecule has 0 aromatic heterocycles. The first kappa shape index (κ1) is 27.2. The lowest BCUT2D eigenvalue weighted by molar-refractivity contribution is -0.120. The van der Waals surface area contributed by atoms with E-state index in [4.69, 9.17) is 39.5 Å². The SMILES string of the molecule is CC(C)OC(=O)c1ccc(N2C(=O)C(Cl)=C(Nc3cccc(C(=O)Nc4cc(Cl)cc(Cl)c4)c3)C2=O)cc1. The van der Waals surface area contributed by atoms with Crippen LogP contribution in [0.4, 0.5) is 17.1 Å². The first-order valence-corrected chi connectivity index (χ1v) is 12.4. The molecule has 38 heavy (non-hydrogen) atoms. The third-order valence-corrected chi connectivity index (χ3v) is 6.03. The lowest BCUT2D eigenvalue weighted by Gasteiger charge is -2.16. The van der Waals surface area contributed by atoms with E-state index in [1.807, 2.05) is 0 Å². The molecule has 8 nitrogen and oxygen atoms in total. The van der Waals surface area contributed by atoms with Crippen LogP contribution in [0.5, 0.6) is 0 Å². The normalized spacial score (nSPS) is 13.3. The molecule has 0 aliphatic carbocycles. The van der Waals surface area contributed by atoms with Crippen molar-refractivity contribution in [2.24, 2.45) is 0 Å². The third-order valence-electron chi connectivity index (χ3n) is 5.25. The molecule has 11 heteroatoms. The summed E-state index contributed by atoms with van der Waals surface area (Å²) in [5.74, 6) is -2.39. The summed E-state index contributed by atoms with van der Waals surface area (Å²) in [7, 11) is 0. The smallest absolute Gasteiger partial charge is 0.338 e. The van der Waals surface area contributed by atoms with E-state index in [1.165, 1.54) is 30.3 Å². The number of hydrogen-bond donors (Lipinski definition) is 2. The van der Waals surface area contributed by atoms with Crippen molar-refractivity contribution in [2.45, 2.75) is 20.0 Å². The molecule has 1 heterocycles. The molecule has 3 aromatic rings. The van der Waals surface area contributed by atoms with Crippen molar-refractivity contribution < 1.29 is 23.9 Å². The zero-order chi connectivity index (χ0) is 27.6. The minimum absolute atomic E-state index is 0.154. The number of nitrogens with zero attached hydrogens (tertiary/aromatic N) is 1. The second-order valence-electron chi connectivity index (χ2n) is 8.45. The van der Waals surface area contributed by atoms with Gasteiger partial charge in [-0.05, 0) is 74.5 Å². The number of carbonyl (C=O) groups excluding carboxylic acids is 4. The largest absolute Gasteiger partial charge is 0.459 e. The van der Waals surface area contributed by atoms with Crippen LogP contribution in [0, 0.1) is 0 Å². The molecule has 194 valence electrons. The van der Waals surface area contributed by atoms with E-state index < -0.39 is 23.7 Å². The number of carbonyl (C=O) groups is 4. The first-order valence-electron chi connectivity index (χ1n) is 11.3. The van der Waals surface area contributed by atoms with Crippen LogP contribution >= 0.6 is 34.8 Å². The molecule has 0 unspecified atom stereocenters. The standard InChI is InChI=1S/C27H20Cl3N3O5/c1-14(2)38-27(37)15-6-8-21(9-7-15)33-25(35)22(30)23(26(33)36)31-19-5-3-4-16(10-19)24(34)32-20-12-17(28)11-18(29)13-20/h3-14,31H,1-2H3,(H,32,34). The average molecular weight is 573 g/mol.